The summed E-state index contributed by atoms with van der Waals surface area (Å²) in [5.74, 6) is 1.03. The summed E-state index contributed by atoms with van der Waals surface area (Å²) in [5, 5.41) is 0.631. The Morgan fingerprint density at radius 3 is 2.64 bits per heavy atom. The van der Waals surface area contributed by atoms with Crippen LogP contribution in [0.3, 0.4) is 0 Å². The Morgan fingerprint density at radius 2 is 2.05 bits per heavy atom. The number of carbonyl (C=O) groups is 1. The smallest absolute Gasteiger partial charge is 0.245 e. The lowest BCUT2D eigenvalue weighted by Crippen LogP contribution is -2.50. The highest BCUT2D eigenvalue weighted by atomic mass is 35.5. The van der Waals surface area contributed by atoms with Crippen molar-refractivity contribution in [3.8, 4) is 0 Å². The van der Waals surface area contributed by atoms with E-state index in [1.807, 2.05) is 34.7 Å². The number of anilines is 1. The predicted molar refractivity (Wildman–Crippen MR) is 85.0 cm³/mol. The molecule has 0 spiro atoms. The van der Waals surface area contributed by atoms with E-state index in [1.54, 1.807) is 18.7 Å². The molecule has 3 rings (SSSR count). The molecule has 116 valence electrons. The van der Waals surface area contributed by atoms with E-state index in [9.17, 15) is 4.79 Å². The molecule has 1 aliphatic rings. The Morgan fingerprint density at radius 1 is 1.27 bits per heavy atom. The van der Waals surface area contributed by atoms with Crippen LogP contribution in [0.25, 0.3) is 0 Å². The monoisotopic (exact) mass is 319 g/mol. The lowest BCUT2D eigenvalue weighted by Gasteiger charge is -2.36. The van der Waals surface area contributed by atoms with E-state index in [2.05, 4.69) is 14.9 Å². The molecule has 7 heteroatoms. The van der Waals surface area contributed by atoms with Crippen molar-refractivity contribution in [1.82, 2.24) is 19.4 Å². The topological polar surface area (TPSA) is 54.3 Å². The largest absolute Gasteiger partial charge is 0.353 e. The molecule has 6 nitrogen and oxygen atoms in total. The normalized spacial score (nSPS) is 16.6. The van der Waals surface area contributed by atoms with Gasteiger partial charge in [-0.05, 0) is 19.1 Å². The Labute approximate surface area is 134 Å². The zero-order chi connectivity index (χ0) is 15.5. The lowest BCUT2D eigenvalue weighted by atomic mass is 10.2. The van der Waals surface area contributed by atoms with Gasteiger partial charge in [0.2, 0.25) is 5.91 Å². The van der Waals surface area contributed by atoms with E-state index >= 15 is 0 Å². The number of hydrogen-bond donors (Lipinski definition) is 0. The molecular formula is C15H18ClN5O. The summed E-state index contributed by atoms with van der Waals surface area (Å²) < 4.78 is 1.83. The van der Waals surface area contributed by atoms with Crippen LogP contribution in [0.4, 0.5) is 5.82 Å². The molecule has 2 aromatic rings. The summed E-state index contributed by atoms with van der Waals surface area (Å²) in [6, 6.07) is 3.53. The van der Waals surface area contributed by atoms with Crippen molar-refractivity contribution in [2.24, 2.45) is 0 Å². The third-order valence-corrected chi connectivity index (χ3v) is 4.18. The second-order valence-corrected chi connectivity index (χ2v) is 5.77. The van der Waals surface area contributed by atoms with Crippen LogP contribution in [0.1, 0.15) is 13.0 Å². The van der Waals surface area contributed by atoms with Crippen molar-refractivity contribution >= 4 is 23.3 Å². The molecule has 0 N–H and O–H groups in total. The van der Waals surface area contributed by atoms with E-state index in [1.165, 1.54) is 0 Å². The third kappa shape index (κ3) is 3.06. The first-order valence-electron chi connectivity index (χ1n) is 7.28. The molecular weight excluding hydrogens is 302 g/mol. The quantitative estimate of drug-likeness (QED) is 0.866. The lowest BCUT2D eigenvalue weighted by molar-refractivity contribution is -0.134. The number of pyridine rings is 1. The van der Waals surface area contributed by atoms with Crippen molar-refractivity contribution in [3.05, 3.63) is 42.1 Å². The molecule has 1 atom stereocenters. The van der Waals surface area contributed by atoms with Gasteiger partial charge in [0.15, 0.2) is 0 Å². The van der Waals surface area contributed by atoms with E-state index in [4.69, 9.17) is 11.6 Å². The van der Waals surface area contributed by atoms with Crippen LogP contribution in [0.15, 0.2) is 37.1 Å². The number of rotatable bonds is 3. The van der Waals surface area contributed by atoms with Crippen molar-refractivity contribution in [2.75, 3.05) is 31.1 Å². The van der Waals surface area contributed by atoms with Crippen LogP contribution in [0, 0.1) is 0 Å². The second-order valence-electron chi connectivity index (χ2n) is 5.33. The molecule has 1 amide bonds. The molecule has 1 aliphatic heterocycles. The number of aromatic nitrogens is 3. The highest BCUT2D eigenvalue weighted by molar-refractivity contribution is 6.30. The van der Waals surface area contributed by atoms with Gasteiger partial charge in [-0.1, -0.05) is 11.6 Å². The van der Waals surface area contributed by atoms with Crippen LogP contribution in [0.5, 0.6) is 0 Å². The van der Waals surface area contributed by atoms with E-state index in [-0.39, 0.29) is 11.9 Å². The molecule has 2 aromatic heterocycles. The van der Waals surface area contributed by atoms with Crippen molar-refractivity contribution < 1.29 is 4.79 Å². The summed E-state index contributed by atoms with van der Waals surface area (Å²) in [6.45, 7) is 4.84. The first kappa shape index (κ1) is 14.8. The third-order valence-electron chi connectivity index (χ3n) is 3.96. The van der Waals surface area contributed by atoms with Gasteiger partial charge in [-0.3, -0.25) is 4.79 Å². The Balaban J connectivity index is 1.59. The molecule has 22 heavy (non-hydrogen) atoms. The SMILES string of the molecule is C[C@H](C(=O)N1CCN(c2ccc(Cl)cn2)CC1)n1ccnc1. The van der Waals surface area contributed by atoms with Crippen LogP contribution >= 0.6 is 11.6 Å². The van der Waals surface area contributed by atoms with Crippen LogP contribution < -0.4 is 4.90 Å². The highest BCUT2D eigenvalue weighted by Gasteiger charge is 2.26. The van der Waals surface area contributed by atoms with Gasteiger partial charge >= 0.3 is 0 Å². The van der Waals surface area contributed by atoms with E-state index < -0.39 is 0 Å². The minimum Gasteiger partial charge on any atom is -0.353 e. The molecule has 0 bridgehead atoms. The summed E-state index contributed by atoms with van der Waals surface area (Å²) in [4.78, 5) is 24.9. The zero-order valence-corrected chi connectivity index (χ0v) is 13.1. The molecule has 0 unspecified atom stereocenters. The molecule has 0 saturated carbocycles. The second kappa shape index (κ2) is 6.36. The number of hydrogen-bond acceptors (Lipinski definition) is 4. The number of amides is 1. The Kier molecular flexibility index (Phi) is 4.29. The van der Waals surface area contributed by atoms with Crippen molar-refractivity contribution in [2.45, 2.75) is 13.0 Å². The number of halogens is 1. The number of carbonyl (C=O) groups excluding carboxylic acids is 1. The maximum absolute atomic E-state index is 12.5. The fourth-order valence-electron chi connectivity index (χ4n) is 2.60. The molecule has 0 aliphatic carbocycles. The zero-order valence-electron chi connectivity index (χ0n) is 12.4. The first-order valence-corrected chi connectivity index (χ1v) is 7.65. The summed E-state index contributed by atoms with van der Waals surface area (Å²) in [7, 11) is 0. The maximum Gasteiger partial charge on any atom is 0.245 e. The predicted octanol–water partition coefficient (Wildman–Crippen LogP) is 1.84. The molecule has 1 saturated heterocycles. The fourth-order valence-corrected chi connectivity index (χ4v) is 2.71. The molecule has 3 heterocycles. The van der Waals surface area contributed by atoms with Crippen LogP contribution in [-0.2, 0) is 4.79 Å². The fraction of sp³-hybridized carbons (Fsp3) is 0.400. The average Bonchev–Trinajstić information content (AvgIpc) is 3.09. The number of piperazine rings is 1. The van der Waals surface area contributed by atoms with Crippen LogP contribution in [0.2, 0.25) is 5.02 Å². The standard InChI is InChI=1S/C15H18ClN5O/c1-12(21-5-4-17-11-21)15(22)20-8-6-19(7-9-20)14-3-2-13(16)10-18-14/h2-5,10-12H,6-9H2,1H3/t12-/m1/s1. The Hall–Kier alpha value is -2.08. The minimum atomic E-state index is -0.220. The van der Waals surface area contributed by atoms with Gasteiger partial charge in [-0.2, -0.15) is 0 Å². The van der Waals surface area contributed by atoms with Crippen LogP contribution in [-0.4, -0.2) is 51.5 Å². The molecule has 1 fully saturated rings. The van der Waals surface area contributed by atoms with Gasteiger partial charge in [0.25, 0.3) is 0 Å². The van der Waals surface area contributed by atoms with E-state index in [0.29, 0.717) is 18.1 Å². The van der Waals surface area contributed by atoms with Gasteiger partial charge in [0.1, 0.15) is 11.9 Å². The number of nitrogens with zero attached hydrogens (tertiary/aromatic N) is 5. The minimum absolute atomic E-state index is 0.127. The Bertz CT molecular complexity index is 620. The first-order chi connectivity index (χ1) is 10.6. The van der Waals surface area contributed by atoms with Gasteiger partial charge < -0.3 is 14.4 Å². The summed E-state index contributed by atoms with van der Waals surface area (Å²) in [6.07, 6.45) is 6.83. The van der Waals surface area contributed by atoms with Gasteiger partial charge in [-0.15, -0.1) is 0 Å². The van der Waals surface area contributed by atoms with Gasteiger partial charge in [-0.25, -0.2) is 9.97 Å². The molecule has 0 radical (unpaired) electrons. The summed E-state index contributed by atoms with van der Waals surface area (Å²) >= 11 is 5.86. The van der Waals surface area contributed by atoms with Gasteiger partial charge in [0.05, 0.1) is 11.3 Å². The van der Waals surface area contributed by atoms with Gasteiger partial charge in [0, 0.05) is 44.8 Å². The van der Waals surface area contributed by atoms with E-state index in [0.717, 1.165) is 18.9 Å². The maximum atomic E-state index is 12.5. The van der Waals surface area contributed by atoms with Crippen molar-refractivity contribution in [3.63, 3.8) is 0 Å². The highest BCUT2D eigenvalue weighted by Crippen LogP contribution is 2.18. The number of imidazole rings is 1. The average molecular weight is 320 g/mol. The molecule has 0 aromatic carbocycles. The van der Waals surface area contributed by atoms with Crippen molar-refractivity contribution in [1.29, 1.82) is 0 Å². The summed E-state index contributed by atoms with van der Waals surface area (Å²) in [5.41, 5.74) is 0.